The maximum Gasteiger partial charge on any atom is 0.224 e. The van der Waals surface area contributed by atoms with Crippen LogP contribution in [0.2, 0.25) is 0 Å². The van der Waals surface area contributed by atoms with Crippen molar-refractivity contribution in [2.45, 2.75) is 13.8 Å². The van der Waals surface area contributed by atoms with Gasteiger partial charge in [-0.05, 0) is 13.1 Å². The van der Waals surface area contributed by atoms with Crippen LogP contribution in [0.25, 0.3) is 0 Å². The molecule has 0 saturated heterocycles. The monoisotopic (exact) mass is 241 g/mol. The fourth-order valence-corrected chi connectivity index (χ4v) is 1.48. The van der Waals surface area contributed by atoms with Gasteiger partial charge in [-0.3, -0.25) is 0 Å². The number of rotatable bonds is 7. The van der Waals surface area contributed by atoms with E-state index in [0.29, 0.717) is 12.5 Å². The molecule has 1 rings (SSSR count). The highest BCUT2D eigenvalue weighted by atomic mass is 19.1. The molecule has 6 heteroatoms. The number of hydrogen-bond acceptors (Lipinski definition) is 5. The predicted molar refractivity (Wildman–Crippen MR) is 67.8 cm³/mol. The van der Waals surface area contributed by atoms with E-state index in [2.05, 4.69) is 39.3 Å². The van der Waals surface area contributed by atoms with E-state index in [9.17, 15) is 4.39 Å². The molecule has 0 unspecified atom stereocenters. The molecule has 17 heavy (non-hydrogen) atoms. The van der Waals surface area contributed by atoms with Gasteiger partial charge in [0.2, 0.25) is 5.95 Å². The molecule has 1 aromatic heterocycles. The van der Waals surface area contributed by atoms with Crippen LogP contribution in [-0.2, 0) is 0 Å². The van der Waals surface area contributed by atoms with E-state index in [4.69, 9.17) is 0 Å². The average Bonchev–Trinajstić information content (AvgIpc) is 2.36. The van der Waals surface area contributed by atoms with E-state index >= 15 is 0 Å². The summed E-state index contributed by atoms with van der Waals surface area (Å²) in [5.74, 6) is 0.233. The van der Waals surface area contributed by atoms with E-state index in [1.165, 1.54) is 6.20 Å². The third-order valence-electron chi connectivity index (χ3n) is 2.58. The van der Waals surface area contributed by atoms with Crippen molar-refractivity contribution in [3.05, 3.63) is 12.0 Å². The maximum atomic E-state index is 13.4. The van der Waals surface area contributed by atoms with Crippen molar-refractivity contribution in [1.82, 2.24) is 14.9 Å². The molecule has 0 aromatic carbocycles. The van der Waals surface area contributed by atoms with Crippen LogP contribution in [0.3, 0.4) is 0 Å². The summed E-state index contributed by atoms with van der Waals surface area (Å²) in [4.78, 5) is 10.1. The van der Waals surface area contributed by atoms with Crippen LogP contribution in [0.4, 0.5) is 16.2 Å². The molecule has 0 amide bonds. The van der Waals surface area contributed by atoms with Crippen LogP contribution in [0.1, 0.15) is 13.8 Å². The summed E-state index contributed by atoms with van der Waals surface area (Å²) in [6.45, 7) is 7.73. The topological polar surface area (TPSA) is 53.1 Å². The average molecular weight is 241 g/mol. The number of anilines is 2. The van der Waals surface area contributed by atoms with E-state index in [-0.39, 0.29) is 5.82 Å². The molecule has 0 aliphatic carbocycles. The Labute approximate surface area is 101 Å². The summed E-state index contributed by atoms with van der Waals surface area (Å²) < 4.78 is 13.4. The van der Waals surface area contributed by atoms with Crippen molar-refractivity contribution < 1.29 is 4.39 Å². The lowest BCUT2D eigenvalue weighted by Crippen LogP contribution is -2.29. The van der Waals surface area contributed by atoms with Crippen LogP contribution in [0.15, 0.2) is 6.20 Å². The van der Waals surface area contributed by atoms with Crippen molar-refractivity contribution in [1.29, 1.82) is 0 Å². The zero-order chi connectivity index (χ0) is 12.7. The predicted octanol–water partition coefficient (Wildman–Crippen LogP) is 1.41. The Morgan fingerprint density at radius 3 is 2.65 bits per heavy atom. The SMILES string of the molecule is CCN(CC)CCNc1nc(NC)ncc1F. The molecule has 96 valence electrons. The third kappa shape index (κ3) is 4.14. The summed E-state index contributed by atoms with van der Waals surface area (Å²) >= 11 is 0. The number of halogens is 1. The molecule has 0 radical (unpaired) electrons. The summed E-state index contributed by atoms with van der Waals surface area (Å²) in [6.07, 6.45) is 1.17. The molecule has 0 atom stereocenters. The maximum absolute atomic E-state index is 13.4. The zero-order valence-electron chi connectivity index (χ0n) is 10.6. The highest BCUT2D eigenvalue weighted by Crippen LogP contribution is 2.10. The van der Waals surface area contributed by atoms with Crippen molar-refractivity contribution in [2.24, 2.45) is 0 Å². The van der Waals surface area contributed by atoms with Gasteiger partial charge in [-0.1, -0.05) is 13.8 Å². The Morgan fingerprint density at radius 2 is 2.06 bits per heavy atom. The van der Waals surface area contributed by atoms with Crippen molar-refractivity contribution >= 4 is 11.8 Å². The molecular formula is C11H20FN5. The highest BCUT2D eigenvalue weighted by molar-refractivity contribution is 5.40. The van der Waals surface area contributed by atoms with Crippen LogP contribution < -0.4 is 10.6 Å². The molecule has 0 spiro atoms. The first kappa shape index (κ1) is 13.6. The minimum atomic E-state index is -0.427. The molecule has 0 bridgehead atoms. The summed E-state index contributed by atoms with van der Waals surface area (Å²) in [5.41, 5.74) is 0. The van der Waals surface area contributed by atoms with Crippen molar-refractivity contribution in [2.75, 3.05) is 43.9 Å². The van der Waals surface area contributed by atoms with E-state index in [1.54, 1.807) is 7.05 Å². The first-order valence-corrected chi connectivity index (χ1v) is 5.87. The smallest absolute Gasteiger partial charge is 0.224 e. The number of likely N-dealkylation sites (N-methyl/N-ethyl adjacent to an activating group) is 1. The molecule has 0 aliphatic rings. The standard InChI is InChI=1S/C11H20FN5/c1-4-17(5-2)7-6-14-10-9(12)8-15-11(13-3)16-10/h8H,4-7H2,1-3H3,(H2,13,14,15,16). The van der Waals surface area contributed by atoms with Gasteiger partial charge in [0.1, 0.15) is 0 Å². The quantitative estimate of drug-likeness (QED) is 0.756. The molecule has 5 nitrogen and oxygen atoms in total. The second kappa shape index (κ2) is 7.01. The summed E-state index contributed by atoms with van der Waals surface area (Å²) in [7, 11) is 1.70. The number of nitrogens with one attached hydrogen (secondary N) is 2. The highest BCUT2D eigenvalue weighted by Gasteiger charge is 2.06. The Hall–Kier alpha value is -1.43. The minimum absolute atomic E-state index is 0.247. The first-order chi connectivity index (χ1) is 8.21. The normalized spacial score (nSPS) is 10.6. The lowest BCUT2D eigenvalue weighted by molar-refractivity contribution is 0.315. The van der Waals surface area contributed by atoms with Crippen LogP contribution >= 0.6 is 0 Å². The summed E-state index contributed by atoms with van der Waals surface area (Å²) in [6, 6.07) is 0. The minimum Gasteiger partial charge on any atom is -0.366 e. The molecular weight excluding hydrogens is 221 g/mol. The molecule has 1 aromatic rings. The van der Waals surface area contributed by atoms with Gasteiger partial charge in [0, 0.05) is 20.1 Å². The fourth-order valence-electron chi connectivity index (χ4n) is 1.48. The molecule has 1 heterocycles. The largest absolute Gasteiger partial charge is 0.366 e. The molecule has 0 fully saturated rings. The Bertz CT molecular complexity index is 341. The first-order valence-electron chi connectivity index (χ1n) is 5.87. The van der Waals surface area contributed by atoms with Gasteiger partial charge in [0.15, 0.2) is 11.6 Å². The lowest BCUT2D eigenvalue weighted by Gasteiger charge is -2.18. The van der Waals surface area contributed by atoms with Gasteiger partial charge in [-0.25, -0.2) is 9.37 Å². The number of nitrogens with zero attached hydrogens (tertiary/aromatic N) is 3. The van der Waals surface area contributed by atoms with Crippen molar-refractivity contribution in [3.63, 3.8) is 0 Å². The molecule has 2 N–H and O–H groups in total. The van der Waals surface area contributed by atoms with Gasteiger partial charge >= 0.3 is 0 Å². The van der Waals surface area contributed by atoms with Gasteiger partial charge < -0.3 is 15.5 Å². The summed E-state index contributed by atoms with van der Waals surface area (Å²) in [5, 5.41) is 5.76. The van der Waals surface area contributed by atoms with E-state index < -0.39 is 5.82 Å². The van der Waals surface area contributed by atoms with Gasteiger partial charge in [-0.15, -0.1) is 0 Å². The second-order valence-electron chi connectivity index (χ2n) is 3.59. The van der Waals surface area contributed by atoms with Crippen LogP contribution in [0, 0.1) is 5.82 Å². The van der Waals surface area contributed by atoms with E-state index in [1.807, 2.05) is 0 Å². The number of hydrogen-bond donors (Lipinski definition) is 2. The van der Waals surface area contributed by atoms with Crippen LogP contribution in [0.5, 0.6) is 0 Å². The third-order valence-corrected chi connectivity index (χ3v) is 2.58. The van der Waals surface area contributed by atoms with E-state index in [0.717, 1.165) is 19.6 Å². The molecule has 0 saturated carbocycles. The number of aromatic nitrogens is 2. The second-order valence-corrected chi connectivity index (χ2v) is 3.59. The Kier molecular flexibility index (Phi) is 5.62. The fraction of sp³-hybridized carbons (Fsp3) is 0.636. The van der Waals surface area contributed by atoms with Crippen LogP contribution in [-0.4, -0.2) is 48.1 Å². The Morgan fingerprint density at radius 1 is 1.35 bits per heavy atom. The zero-order valence-corrected chi connectivity index (χ0v) is 10.6. The van der Waals surface area contributed by atoms with Gasteiger partial charge in [-0.2, -0.15) is 4.98 Å². The Balaban J connectivity index is 2.50. The van der Waals surface area contributed by atoms with Gasteiger partial charge in [0.25, 0.3) is 0 Å². The molecule has 0 aliphatic heterocycles. The van der Waals surface area contributed by atoms with Crippen molar-refractivity contribution in [3.8, 4) is 0 Å². The van der Waals surface area contributed by atoms with Gasteiger partial charge in [0.05, 0.1) is 6.20 Å². The lowest BCUT2D eigenvalue weighted by atomic mass is 10.4.